The molecule has 1 aliphatic carbocycles. The summed E-state index contributed by atoms with van der Waals surface area (Å²) >= 11 is 0. The van der Waals surface area contributed by atoms with Crippen molar-refractivity contribution in [3.05, 3.63) is 35.9 Å². The third kappa shape index (κ3) is 3.89. The first-order valence-corrected chi connectivity index (χ1v) is 7.90. The van der Waals surface area contributed by atoms with Gasteiger partial charge in [-0.1, -0.05) is 31.5 Å². The van der Waals surface area contributed by atoms with Gasteiger partial charge >= 0.3 is 0 Å². The average Bonchev–Trinajstić information content (AvgIpc) is 2.88. The second-order valence-corrected chi connectivity index (χ2v) is 6.07. The lowest BCUT2D eigenvalue weighted by Crippen LogP contribution is -2.44. The van der Waals surface area contributed by atoms with E-state index in [9.17, 15) is 9.90 Å². The SMILES string of the molecule is CCOc1ccccc1/C=C/C(=O)NC1CCCC1(C)CO. The Morgan fingerprint density at radius 2 is 2.27 bits per heavy atom. The molecule has 0 bridgehead atoms. The highest BCUT2D eigenvalue weighted by Crippen LogP contribution is 2.37. The average molecular weight is 303 g/mol. The number of hydrogen-bond acceptors (Lipinski definition) is 3. The largest absolute Gasteiger partial charge is 0.493 e. The van der Waals surface area contributed by atoms with Crippen LogP contribution in [0.3, 0.4) is 0 Å². The minimum Gasteiger partial charge on any atom is -0.493 e. The summed E-state index contributed by atoms with van der Waals surface area (Å²) in [5.74, 6) is 0.646. The molecule has 1 saturated carbocycles. The van der Waals surface area contributed by atoms with Gasteiger partial charge in [-0.15, -0.1) is 0 Å². The fourth-order valence-corrected chi connectivity index (χ4v) is 2.96. The first-order valence-electron chi connectivity index (χ1n) is 7.90. The van der Waals surface area contributed by atoms with E-state index in [0.717, 1.165) is 30.6 Å². The molecule has 0 aliphatic heterocycles. The molecule has 2 unspecified atom stereocenters. The Bertz CT molecular complexity index is 541. The Kier molecular flexibility index (Phi) is 5.61. The van der Waals surface area contributed by atoms with Crippen LogP contribution in [0.5, 0.6) is 5.75 Å². The maximum atomic E-state index is 12.1. The van der Waals surface area contributed by atoms with E-state index in [4.69, 9.17) is 4.74 Å². The summed E-state index contributed by atoms with van der Waals surface area (Å²) in [6, 6.07) is 7.67. The van der Waals surface area contributed by atoms with E-state index in [2.05, 4.69) is 5.32 Å². The van der Waals surface area contributed by atoms with Gasteiger partial charge in [0.15, 0.2) is 0 Å². The topological polar surface area (TPSA) is 58.6 Å². The number of rotatable bonds is 6. The standard InChI is InChI=1S/C18H25NO3/c1-3-22-15-8-5-4-7-14(15)10-11-17(21)19-16-9-6-12-18(16,2)13-20/h4-5,7-8,10-11,16,20H,3,6,9,12-13H2,1-2H3,(H,19,21)/b11-10+. The quantitative estimate of drug-likeness (QED) is 0.795. The number of para-hydroxylation sites is 1. The Morgan fingerprint density at radius 3 is 3.00 bits per heavy atom. The lowest BCUT2D eigenvalue weighted by Gasteiger charge is -2.29. The van der Waals surface area contributed by atoms with E-state index in [-0.39, 0.29) is 24.0 Å². The highest BCUT2D eigenvalue weighted by atomic mass is 16.5. The molecule has 22 heavy (non-hydrogen) atoms. The van der Waals surface area contributed by atoms with Crippen molar-refractivity contribution in [3.8, 4) is 5.75 Å². The van der Waals surface area contributed by atoms with Gasteiger partial charge in [-0.05, 0) is 31.9 Å². The van der Waals surface area contributed by atoms with Crippen molar-refractivity contribution in [1.29, 1.82) is 0 Å². The summed E-state index contributed by atoms with van der Waals surface area (Å²) in [4.78, 5) is 12.1. The van der Waals surface area contributed by atoms with Gasteiger partial charge in [0.1, 0.15) is 5.75 Å². The van der Waals surface area contributed by atoms with Crippen molar-refractivity contribution in [2.24, 2.45) is 5.41 Å². The summed E-state index contributed by atoms with van der Waals surface area (Å²) in [6.07, 6.45) is 6.22. The summed E-state index contributed by atoms with van der Waals surface area (Å²) in [7, 11) is 0. The van der Waals surface area contributed by atoms with E-state index in [1.54, 1.807) is 6.08 Å². The minimum atomic E-state index is -0.202. The van der Waals surface area contributed by atoms with Gasteiger partial charge in [0.05, 0.1) is 13.2 Å². The molecule has 120 valence electrons. The number of nitrogens with one attached hydrogen (secondary N) is 1. The van der Waals surface area contributed by atoms with Crippen molar-refractivity contribution in [2.45, 2.75) is 39.2 Å². The predicted octanol–water partition coefficient (Wildman–Crippen LogP) is 2.77. The minimum absolute atomic E-state index is 0.0387. The summed E-state index contributed by atoms with van der Waals surface area (Å²) in [5.41, 5.74) is 0.683. The van der Waals surface area contributed by atoms with E-state index in [0.29, 0.717) is 6.61 Å². The zero-order valence-electron chi connectivity index (χ0n) is 13.3. The number of aliphatic hydroxyl groups excluding tert-OH is 1. The van der Waals surface area contributed by atoms with Gasteiger partial charge in [-0.3, -0.25) is 4.79 Å². The van der Waals surface area contributed by atoms with E-state index in [1.807, 2.05) is 38.1 Å². The Hall–Kier alpha value is -1.81. The van der Waals surface area contributed by atoms with Crippen LogP contribution in [0, 0.1) is 5.41 Å². The molecule has 0 spiro atoms. The van der Waals surface area contributed by atoms with Crippen molar-refractivity contribution in [3.63, 3.8) is 0 Å². The molecule has 4 nitrogen and oxygen atoms in total. The Balaban J connectivity index is 2.00. The Labute approximate surface area is 132 Å². The van der Waals surface area contributed by atoms with Crippen molar-refractivity contribution in [1.82, 2.24) is 5.32 Å². The molecule has 1 aromatic rings. The first kappa shape index (κ1) is 16.6. The lowest BCUT2D eigenvalue weighted by atomic mass is 9.86. The van der Waals surface area contributed by atoms with Gasteiger partial charge in [-0.2, -0.15) is 0 Å². The lowest BCUT2D eigenvalue weighted by molar-refractivity contribution is -0.117. The van der Waals surface area contributed by atoms with Crippen LogP contribution in [0.1, 0.15) is 38.7 Å². The second kappa shape index (κ2) is 7.45. The van der Waals surface area contributed by atoms with Crippen LogP contribution in [0.4, 0.5) is 0 Å². The van der Waals surface area contributed by atoms with Crippen LogP contribution in [-0.2, 0) is 4.79 Å². The van der Waals surface area contributed by atoms with Gasteiger partial charge in [0.2, 0.25) is 5.91 Å². The molecule has 2 atom stereocenters. The molecule has 2 rings (SSSR count). The highest BCUT2D eigenvalue weighted by Gasteiger charge is 2.38. The van der Waals surface area contributed by atoms with Crippen LogP contribution in [-0.4, -0.2) is 30.3 Å². The van der Waals surface area contributed by atoms with E-state index < -0.39 is 0 Å². The number of aliphatic hydroxyl groups is 1. The van der Waals surface area contributed by atoms with Crippen LogP contribution < -0.4 is 10.1 Å². The summed E-state index contributed by atoms with van der Waals surface area (Å²) in [6.45, 7) is 4.66. The first-order chi connectivity index (χ1) is 10.6. The van der Waals surface area contributed by atoms with Gasteiger partial charge in [0, 0.05) is 23.1 Å². The van der Waals surface area contributed by atoms with Gasteiger partial charge in [0.25, 0.3) is 0 Å². The van der Waals surface area contributed by atoms with Crippen molar-refractivity contribution < 1.29 is 14.6 Å². The number of benzene rings is 1. The molecule has 0 aromatic heterocycles. The third-order valence-electron chi connectivity index (χ3n) is 4.39. The summed E-state index contributed by atoms with van der Waals surface area (Å²) < 4.78 is 5.54. The fourth-order valence-electron chi connectivity index (χ4n) is 2.96. The van der Waals surface area contributed by atoms with Crippen LogP contribution in [0.25, 0.3) is 6.08 Å². The number of carbonyl (C=O) groups is 1. The maximum Gasteiger partial charge on any atom is 0.244 e. The zero-order valence-corrected chi connectivity index (χ0v) is 13.3. The van der Waals surface area contributed by atoms with Crippen molar-refractivity contribution >= 4 is 12.0 Å². The van der Waals surface area contributed by atoms with Crippen LogP contribution in [0.2, 0.25) is 0 Å². The van der Waals surface area contributed by atoms with Crippen LogP contribution >= 0.6 is 0 Å². The Morgan fingerprint density at radius 1 is 1.50 bits per heavy atom. The normalized spacial score (nSPS) is 24.6. The van der Waals surface area contributed by atoms with Gasteiger partial charge in [-0.25, -0.2) is 0 Å². The molecule has 1 amide bonds. The van der Waals surface area contributed by atoms with E-state index >= 15 is 0 Å². The highest BCUT2D eigenvalue weighted by molar-refractivity contribution is 5.92. The van der Waals surface area contributed by atoms with Crippen molar-refractivity contribution in [2.75, 3.05) is 13.2 Å². The molecule has 1 fully saturated rings. The second-order valence-electron chi connectivity index (χ2n) is 6.07. The molecule has 4 heteroatoms. The molecule has 0 radical (unpaired) electrons. The molecule has 1 aromatic carbocycles. The smallest absolute Gasteiger partial charge is 0.244 e. The number of hydrogen-bond donors (Lipinski definition) is 2. The summed E-state index contributed by atoms with van der Waals surface area (Å²) in [5, 5.41) is 12.5. The fraction of sp³-hybridized carbons (Fsp3) is 0.500. The molecular formula is C18H25NO3. The number of ether oxygens (including phenoxy) is 1. The number of carbonyl (C=O) groups excluding carboxylic acids is 1. The molecular weight excluding hydrogens is 278 g/mol. The van der Waals surface area contributed by atoms with Crippen LogP contribution in [0.15, 0.2) is 30.3 Å². The van der Waals surface area contributed by atoms with E-state index in [1.165, 1.54) is 6.08 Å². The maximum absolute atomic E-state index is 12.1. The van der Waals surface area contributed by atoms with Gasteiger partial charge < -0.3 is 15.2 Å². The molecule has 0 heterocycles. The predicted molar refractivity (Wildman–Crippen MR) is 87.6 cm³/mol. The molecule has 0 saturated heterocycles. The molecule has 1 aliphatic rings. The third-order valence-corrected chi connectivity index (χ3v) is 4.39. The zero-order chi connectivity index (χ0) is 16.0. The number of amides is 1. The monoisotopic (exact) mass is 303 g/mol. The molecule has 2 N–H and O–H groups in total.